The van der Waals surface area contributed by atoms with Crippen molar-refractivity contribution in [3.63, 3.8) is 0 Å². The van der Waals surface area contributed by atoms with Crippen molar-refractivity contribution >= 4 is 22.9 Å². The molecule has 1 aromatic heterocycles. The minimum Gasteiger partial charge on any atom is -0.392 e. The highest BCUT2D eigenvalue weighted by atomic mass is 35.5. The Hall–Kier alpha value is -0.940. The second-order valence-corrected chi connectivity index (χ2v) is 6.49. The van der Waals surface area contributed by atoms with Gasteiger partial charge in [0.05, 0.1) is 6.10 Å². The Bertz CT molecular complexity index is 518. The quantitative estimate of drug-likeness (QED) is 0.849. The lowest BCUT2D eigenvalue weighted by Crippen LogP contribution is -2.31. The van der Waals surface area contributed by atoms with Crippen molar-refractivity contribution in [3.8, 4) is 0 Å². The first kappa shape index (κ1) is 15.4. The molecule has 0 amide bonds. The Kier molecular flexibility index (Phi) is 5.98. The molecule has 2 aromatic rings. The summed E-state index contributed by atoms with van der Waals surface area (Å²) in [6.07, 6.45) is 2.26. The average molecular weight is 311 g/mol. The van der Waals surface area contributed by atoms with Crippen molar-refractivity contribution in [2.24, 2.45) is 0 Å². The Labute approximate surface area is 128 Å². The van der Waals surface area contributed by atoms with E-state index >= 15 is 0 Å². The molecule has 3 nitrogen and oxygen atoms in total. The third kappa shape index (κ3) is 4.87. The molecule has 0 aliphatic rings. The summed E-state index contributed by atoms with van der Waals surface area (Å²) in [4.78, 5) is 7.42. The molecule has 0 bridgehead atoms. The first-order valence-corrected chi connectivity index (χ1v) is 7.91. The summed E-state index contributed by atoms with van der Waals surface area (Å²) in [5.74, 6) is 0. The lowest BCUT2D eigenvalue weighted by molar-refractivity contribution is 0.102. The highest BCUT2D eigenvalue weighted by Crippen LogP contribution is 2.20. The van der Waals surface area contributed by atoms with E-state index in [0.29, 0.717) is 11.0 Å². The van der Waals surface area contributed by atoms with Gasteiger partial charge in [0.25, 0.3) is 0 Å². The number of rotatable bonds is 7. The molecule has 0 aliphatic carbocycles. The van der Waals surface area contributed by atoms with Crippen LogP contribution in [-0.2, 0) is 13.1 Å². The van der Waals surface area contributed by atoms with Crippen LogP contribution < -0.4 is 0 Å². The smallest absolute Gasteiger partial charge is 0.183 e. The van der Waals surface area contributed by atoms with E-state index in [4.69, 9.17) is 11.6 Å². The number of aromatic nitrogens is 1. The molecule has 1 unspecified atom stereocenters. The highest BCUT2D eigenvalue weighted by molar-refractivity contribution is 7.15. The predicted molar refractivity (Wildman–Crippen MR) is 84.0 cm³/mol. The second kappa shape index (κ2) is 7.74. The molecule has 1 heterocycles. The molecule has 5 heteroatoms. The first-order chi connectivity index (χ1) is 9.67. The zero-order valence-corrected chi connectivity index (χ0v) is 13.1. The van der Waals surface area contributed by atoms with Gasteiger partial charge in [-0.05, 0) is 12.0 Å². The van der Waals surface area contributed by atoms with Crippen LogP contribution >= 0.6 is 22.9 Å². The summed E-state index contributed by atoms with van der Waals surface area (Å²) in [6, 6.07) is 10.3. The van der Waals surface area contributed by atoms with Crippen LogP contribution in [0.1, 0.15) is 23.8 Å². The van der Waals surface area contributed by atoms with Crippen LogP contribution in [-0.4, -0.2) is 27.6 Å². The fourth-order valence-corrected chi connectivity index (χ4v) is 3.05. The van der Waals surface area contributed by atoms with Crippen LogP contribution in [0.25, 0.3) is 0 Å². The molecule has 0 fully saturated rings. The number of thiazole rings is 1. The summed E-state index contributed by atoms with van der Waals surface area (Å²) in [5, 5.41) is 9.91. The highest BCUT2D eigenvalue weighted by Gasteiger charge is 2.13. The van der Waals surface area contributed by atoms with E-state index in [-0.39, 0.29) is 6.10 Å². The van der Waals surface area contributed by atoms with Crippen molar-refractivity contribution in [3.05, 3.63) is 51.4 Å². The van der Waals surface area contributed by atoms with E-state index in [1.807, 2.05) is 31.3 Å². The Morgan fingerprint density at radius 1 is 1.30 bits per heavy atom. The molecule has 0 spiro atoms. The molecule has 1 atom stereocenters. The maximum absolute atomic E-state index is 9.91. The third-order valence-electron chi connectivity index (χ3n) is 3.09. The van der Waals surface area contributed by atoms with Crippen LogP contribution in [0, 0.1) is 0 Å². The molecule has 20 heavy (non-hydrogen) atoms. The summed E-state index contributed by atoms with van der Waals surface area (Å²) in [6.45, 7) is 4.22. The van der Waals surface area contributed by atoms with Gasteiger partial charge in [-0.2, -0.15) is 0 Å². The number of nitrogens with zero attached hydrogens (tertiary/aromatic N) is 2. The van der Waals surface area contributed by atoms with Gasteiger partial charge in [-0.1, -0.05) is 48.9 Å². The largest absolute Gasteiger partial charge is 0.392 e. The Balaban J connectivity index is 2.03. The van der Waals surface area contributed by atoms with E-state index in [9.17, 15) is 5.11 Å². The predicted octanol–water partition coefficient (Wildman–Crippen LogP) is 3.57. The van der Waals surface area contributed by atoms with Gasteiger partial charge < -0.3 is 5.11 Å². The molecule has 0 saturated heterocycles. The molecule has 0 saturated carbocycles. The molecular formula is C15H19ClN2OS. The summed E-state index contributed by atoms with van der Waals surface area (Å²) >= 11 is 7.37. The van der Waals surface area contributed by atoms with Gasteiger partial charge in [0, 0.05) is 30.7 Å². The fraction of sp³-hybridized carbons (Fsp3) is 0.400. The molecular weight excluding hydrogens is 292 g/mol. The van der Waals surface area contributed by atoms with E-state index in [0.717, 1.165) is 24.4 Å². The second-order valence-electron chi connectivity index (χ2n) is 4.80. The molecule has 108 valence electrons. The van der Waals surface area contributed by atoms with Gasteiger partial charge in [0.2, 0.25) is 0 Å². The van der Waals surface area contributed by atoms with Crippen molar-refractivity contribution in [2.75, 3.05) is 6.54 Å². The zero-order valence-electron chi connectivity index (χ0n) is 11.5. The maximum Gasteiger partial charge on any atom is 0.183 e. The molecule has 1 aromatic carbocycles. The summed E-state index contributed by atoms with van der Waals surface area (Å²) < 4.78 is 0.565. The minimum atomic E-state index is -0.304. The monoisotopic (exact) mass is 310 g/mol. The Morgan fingerprint density at radius 2 is 2.05 bits per heavy atom. The van der Waals surface area contributed by atoms with Gasteiger partial charge >= 0.3 is 0 Å². The van der Waals surface area contributed by atoms with Crippen molar-refractivity contribution in [1.29, 1.82) is 0 Å². The van der Waals surface area contributed by atoms with Crippen LogP contribution in [0.4, 0.5) is 0 Å². The topological polar surface area (TPSA) is 36.4 Å². The zero-order chi connectivity index (χ0) is 14.4. The van der Waals surface area contributed by atoms with Gasteiger partial charge in [-0.3, -0.25) is 4.90 Å². The number of aliphatic hydroxyl groups excluding tert-OH is 1. The number of hydrogen-bond acceptors (Lipinski definition) is 4. The van der Waals surface area contributed by atoms with E-state index in [2.05, 4.69) is 22.0 Å². The van der Waals surface area contributed by atoms with Crippen LogP contribution in [0.2, 0.25) is 4.47 Å². The van der Waals surface area contributed by atoms with E-state index < -0.39 is 0 Å². The number of aliphatic hydroxyl groups is 1. The van der Waals surface area contributed by atoms with Gasteiger partial charge in [0.1, 0.15) is 0 Å². The normalized spacial score (nSPS) is 12.8. The SMILES string of the molecule is CCC(O)CN(Cc1ccccc1)Cc1cnc(Cl)s1. The van der Waals surface area contributed by atoms with E-state index in [1.165, 1.54) is 16.9 Å². The van der Waals surface area contributed by atoms with Crippen molar-refractivity contribution < 1.29 is 5.11 Å². The lowest BCUT2D eigenvalue weighted by atomic mass is 10.2. The van der Waals surface area contributed by atoms with Gasteiger partial charge in [-0.25, -0.2) is 4.98 Å². The molecule has 0 aliphatic heterocycles. The molecule has 2 rings (SSSR count). The van der Waals surface area contributed by atoms with Crippen LogP contribution in [0.15, 0.2) is 36.5 Å². The third-order valence-corrected chi connectivity index (χ3v) is 4.19. The first-order valence-electron chi connectivity index (χ1n) is 6.72. The van der Waals surface area contributed by atoms with Crippen molar-refractivity contribution in [2.45, 2.75) is 32.5 Å². The standard InChI is InChI=1S/C15H19ClN2OS/c1-2-13(19)10-18(9-12-6-4-3-5-7-12)11-14-8-17-15(16)20-14/h3-8,13,19H,2,9-11H2,1H3. The minimum absolute atomic E-state index is 0.304. The molecule has 0 radical (unpaired) electrons. The number of hydrogen-bond donors (Lipinski definition) is 1. The van der Waals surface area contributed by atoms with E-state index in [1.54, 1.807) is 0 Å². The lowest BCUT2D eigenvalue weighted by Gasteiger charge is -2.24. The average Bonchev–Trinajstić information content (AvgIpc) is 2.85. The number of benzene rings is 1. The van der Waals surface area contributed by atoms with Crippen molar-refractivity contribution in [1.82, 2.24) is 9.88 Å². The Morgan fingerprint density at radius 3 is 2.65 bits per heavy atom. The molecule has 1 N–H and O–H groups in total. The van der Waals surface area contributed by atoms with Crippen LogP contribution in [0.3, 0.4) is 0 Å². The van der Waals surface area contributed by atoms with Gasteiger partial charge in [0.15, 0.2) is 4.47 Å². The van der Waals surface area contributed by atoms with Gasteiger partial charge in [-0.15, -0.1) is 11.3 Å². The van der Waals surface area contributed by atoms with Crippen LogP contribution in [0.5, 0.6) is 0 Å². The summed E-state index contributed by atoms with van der Waals surface area (Å²) in [5.41, 5.74) is 1.24. The summed E-state index contributed by atoms with van der Waals surface area (Å²) in [7, 11) is 0. The maximum atomic E-state index is 9.91. The number of halogens is 1. The fourth-order valence-electron chi connectivity index (χ4n) is 2.03.